The van der Waals surface area contributed by atoms with Gasteiger partial charge in [-0.1, -0.05) is 30.3 Å². The zero-order chi connectivity index (χ0) is 15.5. The molecule has 4 heteroatoms. The average Bonchev–Trinajstić information content (AvgIpc) is 2.39. The van der Waals surface area contributed by atoms with Gasteiger partial charge in [0.25, 0.3) is 0 Å². The number of hydrogen-bond donors (Lipinski definition) is 3. The van der Waals surface area contributed by atoms with Crippen molar-refractivity contribution in [1.29, 1.82) is 0 Å². The summed E-state index contributed by atoms with van der Waals surface area (Å²) in [6.45, 7) is 6.51. The van der Waals surface area contributed by atoms with Crippen LogP contribution in [0.2, 0.25) is 0 Å². The highest BCUT2D eigenvalue weighted by Gasteiger charge is 2.13. The van der Waals surface area contributed by atoms with Crippen LogP contribution in [0, 0.1) is 0 Å². The van der Waals surface area contributed by atoms with Gasteiger partial charge in [-0.15, -0.1) is 0 Å². The van der Waals surface area contributed by atoms with Crippen LogP contribution in [0.15, 0.2) is 36.4 Å². The Hall–Kier alpha value is -2.07. The number of aromatic hydroxyl groups is 1. The molecule has 2 aromatic rings. The third-order valence-corrected chi connectivity index (χ3v) is 3.12. The number of nitrogens with one attached hydrogen (secondary N) is 2. The molecular formula is C17H22N2O2. The number of amides is 1. The molecule has 3 N–H and O–H groups in total. The van der Waals surface area contributed by atoms with Crippen LogP contribution in [-0.4, -0.2) is 23.1 Å². The van der Waals surface area contributed by atoms with Gasteiger partial charge in [-0.3, -0.25) is 4.79 Å². The molecule has 1 amide bonds. The standard InChI is InChI=1S/C17H22N2O2/c1-17(2,3)19-16(21)11-18-10-14-13-7-5-4-6-12(13)8-9-15(14)20/h4-9,18,20H,10-11H2,1-3H3,(H,19,21). The minimum absolute atomic E-state index is 0.0535. The van der Waals surface area contributed by atoms with E-state index in [1.165, 1.54) is 0 Å². The van der Waals surface area contributed by atoms with Gasteiger partial charge >= 0.3 is 0 Å². The minimum atomic E-state index is -0.236. The molecule has 0 aromatic heterocycles. The molecule has 0 unspecified atom stereocenters. The van der Waals surface area contributed by atoms with E-state index in [4.69, 9.17) is 0 Å². The molecule has 0 saturated carbocycles. The van der Waals surface area contributed by atoms with Crippen LogP contribution >= 0.6 is 0 Å². The second-order valence-electron chi connectivity index (χ2n) is 6.19. The Morgan fingerprint density at radius 3 is 2.57 bits per heavy atom. The molecule has 0 fully saturated rings. The summed E-state index contributed by atoms with van der Waals surface area (Å²) in [5.41, 5.74) is 0.581. The van der Waals surface area contributed by atoms with Crippen molar-refractivity contribution in [3.8, 4) is 5.75 Å². The van der Waals surface area contributed by atoms with Gasteiger partial charge in [0.1, 0.15) is 5.75 Å². The highest BCUT2D eigenvalue weighted by Crippen LogP contribution is 2.26. The molecule has 0 spiro atoms. The maximum Gasteiger partial charge on any atom is 0.234 e. The van der Waals surface area contributed by atoms with E-state index in [1.54, 1.807) is 6.07 Å². The van der Waals surface area contributed by atoms with Crippen molar-refractivity contribution >= 4 is 16.7 Å². The maximum absolute atomic E-state index is 11.8. The molecule has 0 radical (unpaired) electrons. The van der Waals surface area contributed by atoms with Crippen LogP contribution in [0.3, 0.4) is 0 Å². The fourth-order valence-electron chi connectivity index (χ4n) is 2.27. The molecule has 0 atom stereocenters. The van der Waals surface area contributed by atoms with Gasteiger partial charge in [0.15, 0.2) is 0 Å². The highest BCUT2D eigenvalue weighted by molar-refractivity contribution is 5.87. The van der Waals surface area contributed by atoms with Crippen molar-refractivity contribution in [2.24, 2.45) is 0 Å². The van der Waals surface area contributed by atoms with Crippen LogP contribution in [0.5, 0.6) is 5.75 Å². The van der Waals surface area contributed by atoms with Crippen LogP contribution in [0.4, 0.5) is 0 Å². The smallest absolute Gasteiger partial charge is 0.234 e. The molecule has 0 aliphatic carbocycles. The van der Waals surface area contributed by atoms with Crippen LogP contribution < -0.4 is 10.6 Å². The van der Waals surface area contributed by atoms with E-state index in [1.807, 2.05) is 51.1 Å². The molecule has 4 nitrogen and oxygen atoms in total. The molecule has 112 valence electrons. The highest BCUT2D eigenvalue weighted by atomic mass is 16.3. The Labute approximate surface area is 125 Å². The zero-order valence-corrected chi connectivity index (χ0v) is 12.7. The van der Waals surface area contributed by atoms with E-state index in [2.05, 4.69) is 10.6 Å². The summed E-state index contributed by atoms with van der Waals surface area (Å²) in [4.78, 5) is 11.8. The first-order valence-corrected chi connectivity index (χ1v) is 7.08. The Kier molecular flexibility index (Phi) is 4.48. The molecule has 0 bridgehead atoms. The number of phenols is 1. The van der Waals surface area contributed by atoms with E-state index in [9.17, 15) is 9.90 Å². The number of carbonyl (C=O) groups excluding carboxylic acids is 1. The lowest BCUT2D eigenvalue weighted by molar-refractivity contribution is -0.121. The van der Waals surface area contributed by atoms with Crippen molar-refractivity contribution in [2.45, 2.75) is 32.9 Å². The number of benzene rings is 2. The molecule has 0 saturated heterocycles. The van der Waals surface area contributed by atoms with Gasteiger partial charge in [0, 0.05) is 17.6 Å². The average molecular weight is 286 g/mol. The fourth-order valence-corrected chi connectivity index (χ4v) is 2.27. The summed E-state index contributed by atoms with van der Waals surface area (Å²) in [7, 11) is 0. The number of carbonyl (C=O) groups is 1. The molecule has 0 aliphatic heterocycles. The van der Waals surface area contributed by atoms with Gasteiger partial charge in [-0.05, 0) is 37.6 Å². The number of rotatable bonds is 4. The lowest BCUT2D eigenvalue weighted by Crippen LogP contribution is -2.44. The second kappa shape index (κ2) is 6.14. The van der Waals surface area contributed by atoms with E-state index in [0.717, 1.165) is 16.3 Å². The Balaban J connectivity index is 2.04. The molecule has 0 aliphatic rings. The quantitative estimate of drug-likeness (QED) is 0.809. The SMILES string of the molecule is CC(C)(C)NC(=O)CNCc1c(O)ccc2ccccc12. The largest absolute Gasteiger partial charge is 0.508 e. The molecule has 2 rings (SSSR count). The molecule has 21 heavy (non-hydrogen) atoms. The summed E-state index contributed by atoms with van der Waals surface area (Å²) < 4.78 is 0. The topological polar surface area (TPSA) is 61.4 Å². The summed E-state index contributed by atoms with van der Waals surface area (Å²) in [6, 6.07) is 11.5. The predicted molar refractivity (Wildman–Crippen MR) is 85.2 cm³/mol. The number of hydrogen-bond acceptors (Lipinski definition) is 3. The van der Waals surface area contributed by atoms with Crippen molar-refractivity contribution < 1.29 is 9.90 Å². The summed E-state index contributed by atoms with van der Waals surface area (Å²) >= 11 is 0. The van der Waals surface area contributed by atoms with Gasteiger partial charge < -0.3 is 15.7 Å². The normalized spacial score (nSPS) is 11.6. The summed E-state index contributed by atoms with van der Waals surface area (Å²) in [5.74, 6) is 0.194. The van der Waals surface area contributed by atoms with Crippen molar-refractivity contribution in [1.82, 2.24) is 10.6 Å². The lowest BCUT2D eigenvalue weighted by atomic mass is 10.0. The first-order chi connectivity index (χ1) is 9.87. The maximum atomic E-state index is 11.8. The third kappa shape index (κ3) is 4.20. The lowest BCUT2D eigenvalue weighted by Gasteiger charge is -2.20. The Morgan fingerprint density at radius 1 is 1.14 bits per heavy atom. The summed E-state index contributed by atoms with van der Waals surface area (Å²) in [5, 5.41) is 18.1. The Morgan fingerprint density at radius 2 is 1.86 bits per heavy atom. The van der Waals surface area contributed by atoms with Gasteiger partial charge in [-0.2, -0.15) is 0 Å². The monoisotopic (exact) mass is 286 g/mol. The van der Waals surface area contributed by atoms with Gasteiger partial charge in [0.2, 0.25) is 5.91 Å². The Bertz CT molecular complexity index is 645. The van der Waals surface area contributed by atoms with E-state index >= 15 is 0 Å². The van der Waals surface area contributed by atoms with E-state index in [0.29, 0.717) is 6.54 Å². The summed E-state index contributed by atoms with van der Waals surface area (Å²) in [6.07, 6.45) is 0. The third-order valence-electron chi connectivity index (χ3n) is 3.12. The first-order valence-electron chi connectivity index (χ1n) is 7.08. The number of fused-ring (bicyclic) bond motifs is 1. The fraction of sp³-hybridized carbons (Fsp3) is 0.353. The molecule has 0 heterocycles. The van der Waals surface area contributed by atoms with Crippen molar-refractivity contribution in [3.63, 3.8) is 0 Å². The van der Waals surface area contributed by atoms with Gasteiger partial charge in [0.05, 0.1) is 6.54 Å². The number of phenolic OH excluding ortho intramolecular Hbond substituents is 1. The first kappa shape index (κ1) is 15.3. The predicted octanol–water partition coefficient (Wildman–Crippen LogP) is 2.55. The minimum Gasteiger partial charge on any atom is -0.508 e. The van der Waals surface area contributed by atoms with Crippen LogP contribution in [0.1, 0.15) is 26.3 Å². The zero-order valence-electron chi connectivity index (χ0n) is 12.7. The van der Waals surface area contributed by atoms with Crippen LogP contribution in [0.25, 0.3) is 10.8 Å². The van der Waals surface area contributed by atoms with Gasteiger partial charge in [-0.25, -0.2) is 0 Å². The molecule has 2 aromatic carbocycles. The van der Waals surface area contributed by atoms with Crippen molar-refractivity contribution in [3.05, 3.63) is 42.0 Å². The van der Waals surface area contributed by atoms with E-state index in [-0.39, 0.29) is 23.7 Å². The van der Waals surface area contributed by atoms with E-state index < -0.39 is 0 Å². The molecular weight excluding hydrogens is 264 g/mol. The van der Waals surface area contributed by atoms with Crippen molar-refractivity contribution in [2.75, 3.05) is 6.54 Å². The second-order valence-corrected chi connectivity index (χ2v) is 6.19. The van der Waals surface area contributed by atoms with Crippen LogP contribution in [-0.2, 0) is 11.3 Å².